The maximum absolute atomic E-state index is 10.4. The Bertz CT molecular complexity index is 131. The van der Waals surface area contributed by atoms with Gasteiger partial charge in [0.2, 0.25) is 0 Å². The molecule has 0 saturated heterocycles. The van der Waals surface area contributed by atoms with E-state index in [4.69, 9.17) is 5.84 Å². The second-order valence-corrected chi connectivity index (χ2v) is 1.48. The van der Waals surface area contributed by atoms with E-state index in [-0.39, 0.29) is 6.03 Å². The van der Waals surface area contributed by atoms with Crippen molar-refractivity contribution in [2.24, 2.45) is 5.84 Å². The molecule has 0 aromatic rings. The minimum absolute atomic E-state index is 0.257. The Kier molecular flexibility index (Phi) is 1.17. The molecule has 4 nitrogen and oxygen atoms in total. The molecule has 0 spiro atoms. The van der Waals surface area contributed by atoms with Crippen LogP contribution in [0.2, 0.25) is 0 Å². The first-order valence-corrected chi connectivity index (χ1v) is 2.29. The molecule has 0 aromatic heterocycles. The number of hydrogen-bond acceptors (Lipinski definition) is 2. The topological polar surface area (TPSA) is 58.4 Å². The van der Waals surface area contributed by atoms with Gasteiger partial charge in [0.25, 0.3) is 0 Å². The number of amides is 2. The van der Waals surface area contributed by atoms with Crippen molar-refractivity contribution in [3.63, 3.8) is 0 Å². The zero-order chi connectivity index (χ0) is 5.98. The van der Waals surface area contributed by atoms with E-state index in [2.05, 4.69) is 5.32 Å². The summed E-state index contributed by atoms with van der Waals surface area (Å²) in [6.07, 6.45) is 3.29. The second kappa shape index (κ2) is 1.83. The van der Waals surface area contributed by atoms with Gasteiger partial charge in [-0.3, -0.25) is 0 Å². The van der Waals surface area contributed by atoms with Crippen molar-refractivity contribution < 1.29 is 4.79 Å². The van der Waals surface area contributed by atoms with Crippen LogP contribution in [0, 0.1) is 0 Å². The summed E-state index contributed by atoms with van der Waals surface area (Å²) in [7, 11) is 0. The van der Waals surface area contributed by atoms with Gasteiger partial charge >= 0.3 is 6.03 Å². The van der Waals surface area contributed by atoms with Crippen molar-refractivity contribution in [3.05, 3.63) is 12.3 Å². The van der Waals surface area contributed by atoms with Crippen molar-refractivity contribution in [2.75, 3.05) is 6.54 Å². The summed E-state index contributed by atoms with van der Waals surface area (Å²) >= 11 is 0. The monoisotopic (exact) mass is 113 g/mol. The van der Waals surface area contributed by atoms with Crippen molar-refractivity contribution in [1.82, 2.24) is 10.3 Å². The van der Waals surface area contributed by atoms with E-state index in [9.17, 15) is 4.79 Å². The molecule has 0 aromatic carbocycles. The Morgan fingerprint density at radius 1 is 1.88 bits per heavy atom. The van der Waals surface area contributed by atoms with E-state index in [1.807, 2.05) is 0 Å². The average molecular weight is 113 g/mol. The molecule has 0 bridgehead atoms. The maximum atomic E-state index is 10.4. The van der Waals surface area contributed by atoms with Gasteiger partial charge in [-0.15, -0.1) is 0 Å². The second-order valence-electron chi connectivity index (χ2n) is 1.48. The Morgan fingerprint density at radius 2 is 2.62 bits per heavy atom. The number of hydrogen-bond donors (Lipinski definition) is 2. The molecule has 0 aliphatic carbocycles. The molecular formula is C4H7N3O. The number of carbonyl (C=O) groups excluding carboxylic acids is 1. The van der Waals surface area contributed by atoms with Crippen LogP contribution in [-0.4, -0.2) is 17.6 Å². The van der Waals surface area contributed by atoms with E-state index < -0.39 is 0 Å². The Balaban J connectivity index is 2.60. The van der Waals surface area contributed by atoms with Crippen molar-refractivity contribution in [3.8, 4) is 0 Å². The molecule has 0 fully saturated rings. The van der Waals surface area contributed by atoms with Gasteiger partial charge in [0.1, 0.15) is 0 Å². The first-order chi connectivity index (χ1) is 3.80. The van der Waals surface area contributed by atoms with Crippen LogP contribution in [0.4, 0.5) is 4.79 Å². The van der Waals surface area contributed by atoms with Crippen LogP contribution in [0.15, 0.2) is 12.3 Å². The van der Waals surface area contributed by atoms with Gasteiger partial charge in [-0.05, 0) is 6.08 Å². The summed E-state index contributed by atoms with van der Waals surface area (Å²) in [5, 5.41) is 3.51. The smallest absolute Gasteiger partial charge is 0.333 e. The fraction of sp³-hybridized carbons (Fsp3) is 0.250. The molecule has 3 N–H and O–H groups in total. The highest BCUT2D eigenvalue weighted by Crippen LogP contribution is 1.86. The molecule has 0 unspecified atom stereocenters. The van der Waals surface area contributed by atoms with Gasteiger partial charge in [-0.1, -0.05) is 0 Å². The third-order valence-electron chi connectivity index (χ3n) is 0.872. The fourth-order valence-electron chi connectivity index (χ4n) is 0.471. The molecule has 0 atom stereocenters. The van der Waals surface area contributed by atoms with E-state index in [0.717, 1.165) is 5.01 Å². The molecule has 1 aliphatic heterocycles. The molecule has 1 aliphatic rings. The van der Waals surface area contributed by atoms with Crippen molar-refractivity contribution >= 4 is 6.03 Å². The summed E-state index contributed by atoms with van der Waals surface area (Å²) < 4.78 is 0. The van der Waals surface area contributed by atoms with Gasteiger partial charge in [0, 0.05) is 12.7 Å². The maximum Gasteiger partial charge on any atom is 0.335 e. The third-order valence-corrected chi connectivity index (χ3v) is 0.872. The molecule has 8 heavy (non-hydrogen) atoms. The molecular weight excluding hydrogens is 106 g/mol. The first kappa shape index (κ1) is 5.11. The predicted octanol–water partition coefficient (Wildman–Crippen LogP) is -0.601. The zero-order valence-corrected chi connectivity index (χ0v) is 4.29. The van der Waals surface area contributed by atoms with Crippen LogP contribution in [0.1, 0.15) is 0 Å². The van der Waals surface area contributed by atoms with Gasteiger partial charge in [-0.25, -0.2) is 15.6 Å². The van der Waals surface area contributed by atoms with Crippen molar-refractivity contribution in [1.29, 1.82) is 0 Å². The lowest BCUT2D eigenvalue weighted by atomic mass is 10.5. The highest BCUT2D eigenvalue weighted by molar-refractivity contribution is 5.75. The van der Waals surface area contributed by atoms with Crippen LogP contribution in [0.5, 0.6) is 0 Å². The summed E-state index contributed by atoms with van der Waals surface area (Å²) in [5.41, 5.74) is 0. The number of nitrogens with one attached hydrogen (secondary N) is 1. The van der Waals surface area contributed by atoms with Crippen LogP contribution in [-0.2, 0) is 0 Å². The van der Waals surface area contributed by atoms with E-state index in [1.54, 1.807) is 6.08 Å². The van der Waals surface area contributed by atoms with Gasteiger partial charge in [-0.2, -0.15) is 0 Å². The number of nitrogens with two attached hydrogens (primary N) is 1. The summed E-state index contributed by atoms with van der Waals surface area (Å²) in [4.78, 5) is 10.4. The normalized spacial score (nSPS) is 18.6. The minimum Gasteiger partial charge on any atom is -0.333 e. The molecule has 1 rings (SSSR count). The summed E-state index contributed by atoms with van der Waals surface area (Å²) in [5.74, 6) is 5.11. The molecule has 2 amide bonds. The molecule has 1 heterocycles. The SMILES string of the molecule is NN1C=CCNC1=O. The lowest BCUT2D eigenvalue weighted by molar-refractivity contribution is 0.214. The van der Waals surface area contributed by atoms with Crippen LogP contribution in [0.25, 0.3) is 0 Å². The zero-order valence-electron chi connectivity index (χ0n) is 4.29. The average Bonchev–Trinajstić information content (AvgIpc) is 1.77. The van der Waals surface area contributed by atoms with E-state index in [1.165, 1.54) is 6.20 Å². The largest absolute Gasteiger partial charge is 0.335 e. The Hall–Kier alpha value is -1.03. The number of hydrazine groups is 1. The quantitative estimate of drug-likeness (QED) is 0.325. The number of urea groups is 1. The number of carbonyl (C=O) groups is 1. The highest BCUT2D eigenvalue weighted by atomic mass is 16.2. The molecule has 0 radical (unpaired) electrons. The standard InChI is InChI=1S/C4H7N3O/c5-7-3-1-2-6-4(7)8/h1,3H,2,5H2,(H,6,8). The van der Waals surface area contributed by atoms with Gasteiger partial charge < -0.3 is 5.32 Å². The number of nitrogens with zero attached hydrogens (tertiary/aromatic N) is 1. The lowest BCUT2D eigenvalue weighted by Gasteiger charge is -2.15. The Labute approximate surface area is 46.9 Å². The number of rotatable bonds is 0. The highest BCUT2D eigenvalue weighted by Gasteiger charge is 2.06. The third kappa shape index (κ3) is 0.788. The van der Waals surface area contributed by atoms with Crippen LogP contribution < -0.4 is 11.2 Å². The van der Waals surface area contributed by atoms with Gasteiger partial charge in [0.15, 0.2) is 0 Å². The lowest BCUT2D eigenvalue weighted by Crippen LogP contribution is -2.43. The minimum atomic E-state index is -0.257. The fourth-order valence-corrected chi connectivity index (χ4v) is 0.471. The summed E-state index contributed by atoms with van der Waals surface area (Å²) in [6.45, 7) is 0.576. The van der Waals surface area contributed by atoms with E-state index >= 15 is 0 Å². The van der Waals surface area contributed by atoms with Crippen LogP contribution >= 0.6 is 0 Å². The predicted molar refractivity (Wildman–Crippen MR) is 28.6 cm³/mol. The molecule has 0 saturated carbocycles. The van der Waals surface area contributed by atoms with E-state index in [0.29, 0.717) is 6.54 Å². The Morgan fingerprint density at radius 3 is 3.00 bits per heavy atom. The van der Waals surface area contributed by atoms with Crippen LogP contribution in [0.3, 0.4) is 0 Å². The van der Waals surface area contributed by atoms with Crippen molar-refractivity contribution in [2.45, 2.75) is 0 Å². The van der Waals surface area contributed by atoms with Gasteiger partial charge in [0.05, 0.1) is 0 Å². The molecule has 44 valence electrons. The molecule has 4 heteroatoms. The first-order valence-electron chi connectivity index (χ1n) is 2.29. The summed E-state index contributed by atoms with van der Waals surface area (Å²) in [6, 6.07) is -0.257.